The average molecular weight is 311 g/mol. The highest BCUT2D eigenvalue weighted by molar-refractivity contribution is 8.45. The number of nitrogen functional groups attached to an aromatic ring is 1. The Morgan fingerprint density at radius 3 is 1.61 bits per heavy atom. The first-order valence-corrected chi connectivity index (χ1v) is 6.50. The third-order valence-electron chi connectivity index (χ3n) is 1.34. The fourth-order valence-corrected chi connectivity index (χ4v) is 1.50. The quantitative estimate of drug-likeness (QED) is 0.321. The topological polar surface area (TPSA) is 26.0 Å². The summed E-state index contributed by atoms with van der Waals surface area (Å²) < 4.78 is 72.8. The second-order valence-corrected chi connectivity index (χ2v) is 5.10. The van der Waals surface area contributed by atoms with Crippen LogP contribution in [-0.2, 0) is 0 Å². The maximum absolute atomic E-state index is 12.4. The molecular weight excluding hydrogens is 300 g/mol. The smallest absolute Gasteiger partial charge is 0.310 e. The van der Waals surface area contributed by atoms with Gasteiger partial charge in [0.15, 0.2) is 0 Å². The Bertz CT molecular complexity index is 394. The van der Waals surface area contributed by atoms with Crippen LogP contribution in [0.3, 0.4) is 0 Å². The molecule has 0 heterocycles. The monoisotopic (exact) mass is 311 g/mol. The first-order valence-electron chi connectivity index (χ1n) is 3.97. The number of anilines is 1. The maximum Gasteiger partial charge on any atom is 0.310 e. The molecule has 1 aromatic rings. The van der Waals surface area contributed by atoms with Crippen LogP contribution < -0.4 is 5.73 Å². The molecule has 0 unspecified atom stereocenters. The van der Waals surface area contributed by atoms with Gasteiger partial charge in [-0.1, -0.05) is 31.6 Å². The van der Waals surface area contributed by atoms with Gasteiger partial charge in [-0.2, -0.15) is 0 Å². The van der Waals surface area contributed by atoms with Gasteiger partial charge >= 0.3 is 10.2 Å². The van der Waals surface area contributed by atoms with Crippen LogP contribution in [-0.4, -0.2) is 5.87 Å². The number of rotatable bonds is 1. The van der Waals surface area contributed by atoms with Crippen LogP contribution in [0, 0.1) is 5.82 Å². The minimum atomic E-state index is -9.82. The molecule has 0 amide bonds. The lowest BCUT2D eigenvalue weighted by Gasteiger charge is -2.40. The van der Waals surface area contributed by atoms with Gasteiger partial charge in [-0.15, -0.1) is 13.2 Å². The molecule has 0 radical (unpaired) electrons. The molecule has 1 aromatic carbocycles. The fourth-order valence-electron chi connectivity index (χ4n) is 0.807. The summed E-state index contributed by atoms with van der Waals surface area (Å²) in [6.45, 7) is 6.00. The second kappa shape index (κ2) is 5.19. The van der Waals surface area contributed by atoms with Crippen molar-refractivity contribution < 1.29 is 23.8 Å². The van der Waals surface area contributed by atoms with Crippen molar-refractivity contribution >= 4 is 34.0 Å². The van der Waals surface area contributed by atoms with Gasteiger partial charge in [0.25, 0.3) is 0 Å². The molecule has 2 N–H and O–H groups in total. The summed E-state index contributed by atoms with van der Waals surface area (Å²) >= 11 is 3.83. The Labute approximate surface area is 106 Å². The van der Waals surface area contributed by atoms with E-state index < -0.39 is 26.6 Å². The van der Waals surface area contributed by atoms with Gasteiger partial charge in [0.05, 0.1) is 0 Å². The van der Waals surface area contributed by atoms with Gasteiger partial charge in [-0.05, 0) is 24.1 Å². The van der Waals surface area contributed by atoms with E-state index in [1.54, 1.807) is 0 Å². The summed E-state index contributed by atoms with van der Waals surface area (Å²) in [6, 6.07) is 0.246. The summed E-state index contributed by atoms with van der Waals surface area (Å²) in [4.78, 5) is -2.32. The van der Waals surface area contributed by atoms with Gasteiger partial charge < -0.3 is 5.73 Å². The Hall–Kier alpha value is -1.22. The molecule has 0 aliphatic rings. The molecule has 106 valence electrons. The van der Waals surface area contributed by atoms with E-state index in [4.69, 9.17) is 5.73 Å². The Morgan fingerprint density at radius 2 is 1.33 bits per heavy atom. The molecule has 0 fully saturated rings. The normalized spacial score (nSPS) is 13.9. The third kappa shape index (κ3) is 6.50. The Morgan fingerprint density at radius 1 is 0.944 bits per heavy atom. The summed E-state index contributed by atoms with van der Waals surface area (Å²) in [5.74, 6) is 1.38. The number of benzene rings is 1. The van der Waals surface area contributed by atoms with Crippen LogP contribution in [0.25, 0.3) is 0 Å². The van der Waals surface area contributed by atoms with Gasteiger partial charge in [0.1, 0.15) is 10.7 Å². The number of thiocarbonyl (C=S) groups is 1. The van der Waals surface area contributed by atoms with Crippen LogP contribution in [0.2, 0.25) is 0 Å². The predicted molar refractivity (Wildman–Crippen MR) is 68.2 cm³/mol. The highest BCUT2D eigenvalue weighted by Gasteiger charge is 2.65. The van der Waals surface area contributed by atoms with E-state index in [0.29, 0.717) is 6.07 Å². The van der Waals surface area contributed by atoms with Crippen LogP contribution >= 0.6 is 22.4 Å². The number of hydrogen-bond acceptors (Lipinski definition) is 2. The number of hydrogen-bond donors (Lipinski definition) is 1. The molecule has 0 aliphatic heterocycles. The summed E-state index contributed by atoms with van der Waals surface area (Å²) in [7, 11) is -9.82. The molecule has 18 heavy (non-hydrogen) atoms. The lowest BCUT2D eigenvalue weighted by Crippen LogP contribution is -2.07. The molecule has 0 saturated heterocycles. The summed E-state index contributed by atoms with van der Waals surface area (Å²) in [5, 5.41) is 0. The van der Waals surface area contributed by atoms with Crippen LogP contribution in [0.15, 0.2) is 36.3 Å². The zero-order valence-electron chi connectivity index (χ0n) is 9.02. The molecule has 0 bridgehead atoms. The van der Waals surface area contributed by atoms with Gasteiger partial charge in [-0.25, -0.2) is 4.39 Å². The number of nitrogens with two attached hydrogens (primary N) is 1. The van der Waals surface area contributed by atoms with Gasteiger partial charge in [0.2, 0.25) is 0 Å². The second-order valence-electron chi connectivity index (χ2n) is 2.69. The van der Waals surface area contributed by atoms with Crippen molar-refractivity contribution in [2.24, 2.45) is 0 Å². The SMILES string of the molecule is C=C.C=S.Nc1cc(F)cc(S(F)(F)(F)(F)F)c1. The molecule has 0 aromatic heterocycles. The highest BCUT2D eigenvalue weighted by Crippen LogP contribution is 3.02. The van der Waals surface area contributed by atoms with Crippen molar-refractivity contribution in [2.75, 3.05) is 5.73 Å². The first-order chi connectivity index (χ1) is 7.88. The molecule has 1 rings (SSSR count). The van der Waals surface area contributed by atoms with Crippen molar-refractivity contribution in [1.82, 2.24) is 0 Å². The molecule has 0 saturated carbocycles. The molecule has 0 aliphatic carbocycles. The van der Waals surface area contributed by atoms with E-state index in [2.05, 4.69) is 31.2 Å². The minimum Gasteiger partial charge on any atom is -0.399 e. The maximum atomic E-state index is 12.4. The molecule has 0 spiro atoms. The van der Waals surface area contributed by atoms with Crippen molar-refractivity contribution in [3.8, 4) is 0 Å². The molecule has 0 atom stereocenters. The van der Waals surface area contributed by atoms with Crippen molar-refractivity contribution in [3.05, 3.63) is 37.2 Å². The fraction of sp³-hybridized carbons (Fsp3) is 0. The Balaban J connectivity index is 0. The lowest BCUT2D eigenvalue weighted by molar-refractivity contribution is 0.363. The van der Waals surface area contributed by atoms with Crippen LogP contribution in [0.1, 0.15) is 0 Å². The van der Waals surface area contributed by atoms with E-state index in [1.165, 1.54) is 0 Å². The Kier molecular flexibility index (Phi) is 5.51. The zero-order valence-corrected chi connectivity index (χ0v) is 10.6. The van der Waals surface area contributed by atoms with E-state index in [0.717, 1.165) is 0 Å². The highest BCUT2D eigenvalue weighted by atomic mass is 32.5. The molecular formula is C9H11F6NS2. The summed E-state index contributed by atoms with van der Waals surface area (Å²) in [5.41, 5.74) is 4.12. The standard InChI is InChI=1S/C6H5F6NS.C2H4.CH2S/c7-4-1-5(13)3-6(2-4)14(8,9,10,11)12;2*1-2/h1-3H,13H2;1-2H2;1H2. The van der Waals surface area contributed by atoms with Crippen LogP contribution in [0.4, 0.5) is 29.5 Å². The lowest BCUT2D eigenvalue weighted by atomic mass is 10.3. The zero-order chi connectivity index (χ0) is 15.3. The van der Waals surface area contributed by atoms with Crippen molar-refractivity contribution in [2.45, 2.75) is 4.90 Å². The first kappa shape index (κ1) is 19.1. The van der Waals surface area contributed by atoms with E-state index >= 15 is 0 Å². The third-order valence-corrected chi connectivity index (χ3v) is 2.47. The van der Waals surface area contributed by atoms with Gasteiger partial charge in [0, 0.05) is 5.69 Å². The molecule has 9 heteroatoms. The number of halogens is 6. The van der Waals surface area contributed by atoms with Crippen molar-refractivity contribution in [1.29, 1.82) is 0 Å². The average Bonchev–Trinajstić information content (AvgIpc) is 2.19. The summed E-state index contributed by atoms with van der Waals surface area (Å²) in [6.07, 6.45) is 0. The van der Waals surface area contributed by atoms with E-state index in [-0.39, 0.29) is 12.1 Å². The largest absolute Gasteiger partial charge is 0.399 e. The van der Waals surface area contributed by atoms with Crippen molar-refractivity contribution in [3.63, 3.8) is 0 Å². The predicted octanol–water partition coefficient (Wildman–Crippen LogP) is 5.48. The van der Waals surface area contributed by atoms with Gasteiger partial charge in [-0.3, -0.25) is 0 Å². The minimum absolute atomic E-state index is 0.00460. The van der Waals surface area contributed by atoms with E-state index in [1.807, 2.05) is 0 Å². The molecule has 1 nitrogen and oxygen atoms in total. The van der Waals surface area contributed by atoms with Crippen LogP contribution in [0.5, 0.6) is 0 Å². The van der Waals surface area contributed by atoms with E-state index in [9.17, 15) is 23.8 Å².